The molecule has 0 saturated heterocycles. The Labute approximate surface area is 178 Å². The predicted octanol–water partition coefficient (Wildman–Crippen LogP) is 5.10. The smallest absolute Gasteiger partial charge is 0.338 e. The first kappa shape index (κ1) is 21.1. The van der Waals surface area contributed by atoms with Crippen LogP contribution in [0, 0.1) is 6.92 Å². The minimum absolute atomic E-state index is 0.323. The quantitative estimate of drug-likeness (QED) is 0.401. The Kier molecular flexibility index (Phi) is 7.43. The molecule has 150 valence electrons. The van der Waals surface area contributed by atoms with E-state index < -0.39 is 5.97 Å². The number of anilines is 1. The van der Waals surface area contributed by atoms with Gasteiger partial charge in [-0.25, -0.2) is 9.78 Å². The number of hydrogen-bond acceptors (Lipinski definition) is 6. The van der Waals surface area contributed by atoms with Crippen LogP contribution in [0.15, 0.2) is 58.8 Å². The number of carbonyl (C=O) groups is 2. The molecule has 0 unspecified atom stereocenters. The van der Waals surface area contributed by atoms with E-state index in [1.807, 2.05) is 50.2 Å². The fraction of sp³-hybridized carbons (Fsp3) is 0.227. The Morgan fingerprint density at radius 2 is 1.90 bits per heavy atom. The van der Waals surface area contributed by atoms with E-state index in [4.69, 9.17) is 4.74 Å². The number of rotatable bonds is 8. The van der Waals surface area contributed by atoms with Crippen LogP contribution in [0.25, 0.3) is 0 Å². The summed E-state index contributed by atoms with van der Waals surface area (Å²) in [7, 11) is 0. The molecule has 1 heterocycles. The number of esters is 1. The second kappa shape index (κ2) is 10.2. The molecule has 1 N–H and O–H groups in total. The molecule has 0 aliphatic carbocycles. The molecule has 2 aromatic carbocycles. The van der Waals surface area contributed by atoms with E-state index in [2.05, 4.69) is 15.7 Å². The zero-order chi connectivity index (χ0) is 20.6. The van der Waals surface area contributed by atoms with Crippen LogP contribution in [0.5, 0.6) is 0 Å². The van der Waals surface area contributed by atoms with Crippen molar-refractivity contribution >= 4 is 40.7 Å². The van der Waals surface area contributed by atoms with E-state index in [0.717, 1.165) is 39.0 Å². The van der Waals surface area contributed by atoms with Crippen LogP contribution in [-0.4, -0.2) is 23.5 Å². The number of ether oxygens (including phenoxy) is 1. The van der Waals surface area contributed by atoms with Crippen molar-refractivity contribution in [2.45, 2.75) is 30.9 Å². The van der Waals surface area contributed by atoms with Gasteiger partial charge in [-0.2, -0.15) is 0 Å². The summed E-state index contributed by atoms with van der Waals surface area (Å²) >= 11 is 3.30. The van der Waals surface area contributed by atoms with Gasteiger partial charge in [-0.15, -0.1) is 23.1 Å². The lowest BCUT2D eigenvalue weighted by atomic mass is 10.1. The van der Waals surface area contributed by atoms with E-state index in [0.29, 0.717) is 5.56 Å². The molecule has 5 nitrogen and oxygen atoms in total. The summed E-state index contributed by atoms with van der Waals surface area (Å²) in [6.07, 6.45) is 0.808. The van der Waals surface area contributed by atoms with Crippen molar-refractivity contribution in [3.05, 3.63) is 75.7 Å². The van der Waals surface area contributed by atoms with E-state index >= 15 is 0 Å². The molecule has 0 aliphatic rings. The summed E-state index contributed by atoms with van der Waals surface area (Å²) in [5.74, 6) is -0.0892. The van der Waals surface area contributed by atoms with Gasteiger partial charge in [-0.05, 0) is 49.2 Å². The maximum Gasteiger partial charge on any atom is 0.338 e. The van der Waals surface area contributed by atoms with Crippen molar-refractivity contribution in [3.8, 4) is 0 Å². The standard InChI is InChI=1S/C22H22N2O3S2/c1-3-16-6-4-5-7-20(16)24-21(25)12-27-22(26)17-8-10-19(11-9-17)29-14-18-13-28-15(2)23-18/h4-11,13H,3,12,14H2,1-2H3,(H,24,25). The lowest BCUT2D eigenvalue weighted by Crippen LogP contribution is -2.21. The van der Waals surface area contributed by atoms with Gasteiger partial charge in [0.1, 0.15) is 0 Å². The number of aryl methyl sites for hydroxylation is 2. The van der Waals surface area contributed by atoms with E-state index in [9.17, 15) is 9.59 Å². The number of para-hydroxylation sites is 1. The SMILES string of the molecule is CCc1ccccc1NC(=O)COC(=O)c1ccc(SCc2csc(C)n2)cc1. The number of benzene rings is 2. The number of amides is 1. The molecular formula is C22H22N2O3S2. The molecule has 0 bridgehead atoms. The van der Waals surface area contributed by atoms with Crippen LogP contribution in [-0.2, 0) is 21.7 Å². The third-order valence-corrected chi connectivity index (χ3v) is 6.02. The molecule has 0 radical (unpaired) electrons. The summed E-state index contributed by atoms with van der Waals surface area (Å²) in [4.78, 5) is 29.8. The minimum Gasteiger partial charge on any atom is -0.452 e. The monoisotopic (exact) mass is 426 g/mol. The Hall–Kier alpha value is -2.64. The molecule has 3 rings (SSSR count). The van der Waals surface area contributed by atoms with Crippen molar-refractivity contribution in [1.82, 2.24) is 4.98 Å². The Morgan fingerprint density at radius 1 is 1.14 bits per heavy atom. The van der Waals surface area contributed by atoms with Crippen LogP contribution >= 0.6 is 23.1 Å². The number of carbonyl (C=O) groups excluding carboxylic acids is 2. The molecule has 0 saturated carbocycles. The highest BCUT2D eigenvalue weighted by atomic mass is 32.2. The maximum atomic E-state index is 12.2. The lowest BCUT2D eigenvalue weighted by Gasteiger charge is -2.10. The fourth-order valence-electron chi connectivity index (χ4n) is 2.67. The van der Waals surface area contributed by atoms with Crippen molar-refractivity contribution < 1.29 is 14.3 Å². The molecule has 29 heavy (non-hydrogen) atoms. The van der Waals surface area contributed by atoms with Gasteiger partial charge in [0.2, 0.25) is 0 Å². The van der Waals surface area contributed by atoms with E-state index in [1.54, 1.807) is 35.2 Å². The summed E-state index contributed by atoms with van der Waals surface area (Å²) < 4.78 is 5.14. The number of thiazole rings is 1. The zero-order valence-electron chi connectivity index (χ0n) is 16.3. The fourth-order valence-corrected chi connectivity index (χ4v) is 4.18. The molecular weight excluding hydrogens is 404 g/mol. The van der Waals surface area contributed by atoms with Crippen molar-refractivity contribution in [1.29, 1.82) is 0 Å². The van der Waals surface area contributed by atoms with Crippen molar-refractivity contribution in [2.24, 2.45) is 0 Å². The average Bonchev–Trinajstić information content (AvgIpc) is 3.16. The topological polar surface area (TPSA) is 68.3 Å². The van der Waals surface area contributed by atoms with Gasteiger partial charge in [0.15, 0.2) is 6.61 Å². The second-order valence-corrected chi connectivity index (χ2v) is 8.42. The van der Waals surface area contributed by atoms with Crippen molar-refractivity contribution in [2.75, 3.05) is 11.9 Å². The van der Waals surface area contributed by atoms with Crippen LogP contribution in [0.3, 0.4) is 0 Å². The van der Waals surface area contributed by atoms with Gasteiger partial charge in [0, 0.05) is 21.7 Å². The number of nitrogens with zero attached hydrogens (tertiary/aromatic N) is 1. The normalized spacial score (nSPS) is 10.6. The van der Waals surface area contributed by atoms with Gasteiger partial charge in [0.05, 0.1) is 16.3 Å². The third kappa shape index (κ3) is 6.17. The van der Waals surface area contributed by atoms with Crippen LogP contribution in [0.1, 0.15) is 33.5 Å². The predicted molar refractivity (Wildman–Crippen MR) is 118 cm³/mol. The number of aromatic nitrogens is 1. The Morgan fingerprint density at radius 3 is 2.59 bits per heavy atom. The number of thioether (sulfide) groups is 1. The zero-order valence-corrected chi connectivity index (χ0v) is 17.9. The van der Waals surface area contributed by atoms with E-state index in [-0.39, 0.29) is 12.5 Å². The second-order valence-electron chi connectivity index (χ2n) is 6.31. The highest BCUT2D eigenvalue weighted by Crippen LogP contribution is 2.24. The van der Waals surface area contributed by atoms with Crippen LogP contribution in [0.4, 0.5) is 5.69 Å². The maximum absolute atomic E-state index is 12.2. The Balaban J connectivity index is 1.48. The van der Waals surface area contributed by atoms with Gasteiger partial charge in [0.25, 0.3) is 5.91 Å². The first-order valence-electron chi connectivity index (χ1n) is 9.24. The molecule has 3 aromatic rings. The Bertz CT molecular complexity index is 984. The van der Waals surface area contributed by atoms with E-state index in [1.165, 1.54) is 0 Å². The summed E-state index contributed by atoms with van der Waals surface area (Å²) in [6, 6.07) is 14.7. The molecule has 1 amide bonds. The highest BCUT2D eigenvalue weighted by molar-refractivity contribution is 7.98. The molecule has 0 aliphatic heterocycles. The number of hydrogen-bond donors (Lipinski definition) is 1. The van der Waals surface area contributed by atoms with Crippen LogP contribution in [0.2, 0.25) is 0 Å². The lowest BCUT2D eigenvalue weighted by molar-refractivity contribution is -0.119. The third-order valence-electron chi connectivity index (χ3n) is 4.15. The number of nitrogens with one attached hydrogen (secondary N) is 1. The molecule has 7 heteroatoms. The van der Waals surface area contributed by atoms with Gasteiger partial charge in [-0.3, -0.25) is 4.79 Å². The first-order chi connectivity index (χ1) is 14.0. The first-order valence-corrected chi connectivity index (χ1v) is 11.1. The molecule has 1 aromatic heterocycles. The summed E-state index contributed by atoms with van der Waals surface area (Å²) in [5.41, 5.74) is 3.25. The highest BCUT2D eigenvalue weighted by Gasteiger charge is 2.12. The molecule has 0 fully saturated rings. The molecule has 0 atom stereocenters. The largest absolute Gasteiger partial charge is 0.452 e. The van der Waals surface area contributed by atoms with Crippen LogP contribution < -0.4 is 5.32 Å². The minimum atomic E-state index is -0.518. The molecule has 0 spiro atoms. The van der Waals surface area contributed by atoms with Gasteiger partial charge >= 0.3 is 5.97 Å². The van der Waals surface area contributed by atoms with Gasteiger partial charge in [-0.1, -0.05) is 25.1 Å². The van der Waals surface area contributed by atoms with Crippen molar-refractivity contribution in [3.63, 3.8) is 0 Å². The summed E-state index contributed by atoms with van der Waals surface area (Å²) in [6.45, 7) is 3.68. The summed E-state index contributed by atoms with van der Waals surface area (Å²) in [5, 5.41) is 5.90. The van der Waals surface area contributed by atoms with Gasteiger partial charge < -0.3 is 10.1 Å². The average molecular weight is 427 g/mol.